The van der Waals surface area contributed by atoms with Gasteiger partial charge in [0.1, 0.15) is 5.75 Å². The van der Waals surface area contributed by atoms with Crippen LogP contribution in [0.25, 0.3) is 0 Å². The SMILES string of the molecule is Cc1cc(NC(=O)c2ccn(COc3cccc(Cl)c3)n2)nn1Cc1cccc(C(F)(F)F)c1. The number of carbonyl (C=O) groups is 1. The van der Waals surface area contributed by atoms with Crippen molar-refractivity contribution in [2.75, 3.05) is 5.32 Å². The normalized spacial score (nSPS) is 11.4. The Balaban J connectivity index is 1.38. The molecule has 0 aliphatic carbocycles. The highest BCUT2D eigenvalue weighted by Crippen LogP contribution is 2.29. The summed E-state index contributed by atoms with van der Waals surface area (Å²) in [6.07, 6.45) is -2.83. The minimum atomic E-state index is -4.42. The van der Waals surface area contributed by atoms with E-state index < -0.39 is 17.6 Å². The van der Waals surface area contributed by atoms with Gasteiger partial charge in [0.25, 0.3) is 5.91 Å². The van der Waals surface area contributed by atoms with Crippen molar-refractivity contribution in [3.05, 3.63) is 94.4 Å². The monoisotopic (exact) mass is 489 g/mol. The fraction of sp³-hybridized carbons (Fsp3) is 0.174. The fourth-order valence-electron chi connectivity index (χ4n) is 3.18. The maximum Gasteiger partial charge on any atom is 0.416 e. The zero-order chi connectivity index (χ0) is 24.3. The third-order valence-corrected chi connectivity index (χ3v) is 5.08. The van der Waals surface area contributed by atoms with Crippen molar-refractivity contribution in [1.29, 1.82) is 0 Å². The zero-order valence-corrected chi connectivity index (χ0v) is 18.6. The van der Waals surface area contributed by atoms with Gasteiger partial charge in [-0.1, -0.05) is 29.8 Å². The number of nitrogens with one attached hydrogen (secondary N) is 1. The van der Waals surface area contributed by atoms with Gasteiger partial charge >= 0.3 is 6.18 Å². The number of hydrogen-bond donors (Lipinski definition) is 1. The van der Waals surface area contributed by atoms with Gasteiger partial charge in [0.15, 0.2) is 18.2 Å². The molecule has 11 heteroatoms. The molecule has 1 N–H and O–H groups in total. The van der Waals surface area contributed by atoms with E-state index in [2.05, 4.69) is 15.5 Å². The van der Waals surface area contributed by atoms with Gasteiger partial charge in [-0.15, -0.1) is 0 Å². The summed E-state index contributed by atoms with van der Waals surface area (Å²) in [6.45, 7) is 1.96. The Kier molecular flexibility index (Phi) is 6.60. The van der Waals surface area contributed by atoms with Crippen molar-refractivity contribution >= 4 is 23.3 Å². The predicted octanol–water partition coefficient (Wildman–Crippen LogP) is 5.40. The summed E-state index contributed by atoms with van der Waals surface area (Å²) >= 11 is 5.92. The Hall–Kier alpha value is -3.79. The summed E-state index contributed by atoms with van der Waals surface area (Å²) in [5.74, 6) is 0.347. The van der Waals surface area contributed by atoms with Crippen LogP contribution < -0.4 is 10.1 Å². The van der Waals surface area contributed by atoms with Crippen LogP contribution in [0.4, 0.5) is 19.0 Å². The summed E-state index contributed by atoms with van der Waals surface area (Å²) in [5, 5.41) is 11.7. The minimum absolute atomic E-state index is 0.0817. The molecule has 0 bridgehead atoms. The first-order chi connectivity index (χ1) is 16.2. The van der Waals surface area contributed by atoms with Gasteiger partial charge < -0.3 is 10.1 Å². The van der Waals surface area contributed by atoms with Crippen LogP contribution >= 0.6 is 11.6 Å². The van der Waals surface area contributed by atoms with Crippen LogP contribution in [-0.4, -0.2) is 25.5 Å². The molecule has 1 amide bonds. The number of hydrogen-bond acceptors (Lipinski definition) is 4. The molecule has 0 atom stereocenters. The number of aromatic nitrogens is 4. The quantitative estimate of drug-likeness (QED) is 0.377. The molecule has 34 heavy (non-hydrogen) atoms. The number of anilines is 1. The summed E-state index contributed by atoms with van der Waals surface area (Å²) < 4.78 is 47.4. The molecule has 176 valence electrons. The average Bonchev–Trinajstić information content (AvgIpc) is 3.39. The molecule has 0 fully saturated rings. The van der Waals surface area contributed by atoms with Gasteiger partial charge in [-0.2, -0.15) is 23.4 Å². The van der Waals surface area contributed by atoms with Gasteiger partial charge in [-0.3, -0.25) is 9.48 Å². The number of nitrogens with zero attached hydrogens (tertiary/aromatic N) is 4. The summed E-state index contributed by atoms with van der Waals surface area (Å²) in [5.41, 5.74) is 0.545. The Morgan fingerprint density at radius 1 is 1.09 bits per heavy atom. The lowest BCUT2D eigenvalue weighted by molar-refractivity contribution is -0.137. The standard InChI is InChI=1S/C23H19ClF3N5O2/c1-15-10-21(30-32(15)13-16-4-2-5-17(11-16)23(25,26)27)28-22(33)20-8-9-31(29-20)14-34-19-7-3-6-18(24)12-19/h2-12H,13-14H2,1H3,(H,28,30,33). The Morgan fingerprint density at radius 2 is 1.88 bits per heavy atom. The number of aryl methyl sites for hydroxylation is 1. The number of rotatable bonds is 7. The summed E-state index contributed by atoms with van der Waals surface area (Å²) in [7, 11) is 0. The van der Waals surface area contributed by atoms with E-state index in [9.17, 15) is 18.0 Å². The summed E-state index contributed by atoms with van der Waals surface area (Å²) in [6, 6.07) is 15.1. The second kappa shape index (κ2) is 9.60. The van der Waals surface area contributed by atoms with Crippen molar-refractivity contribution in [2.24, 2.45) is 0 Å². The van der Waals surface area contributed by atoms with Gasteiger partial charge in [-0.05, 0) is 48.9 Å². The van der Waals surface area contributed by atoms with E-state index in [1.807, 2.05) is 0 Å². The van der Waals surface area contributed by atoms with Crippen molar-refractivity contribution in [2.45, 2.75) is 26.4 Å². The van der Waals surface area contributed by atoms with Crippen LogP contribution in [0.2, 0.25) is 5.02 Å². The van der Waals surface area contributed by atoms with Gasteiger partial charge in [-0.25, -0.2) is 4.68 Å². The van der Waals surface area contributed by atoms with E-state index in [-0.39, 0.29) is 24.8 Å². The largest absolute Gasteiger partial charge is 0.471 e. The first-order valence-electron chi connectivity index (χ1n) is 10.1. The molecular formula is C23H19ClF3N5O2. The Morgan fingerprint density at radius 3 is 2.65 bits per heavy atom. The number of alkyl halides is 3. The van der Waals surface area contributed by atoms with E-state index in [1.165, 1.54) is 21.5 Å². The Bertz CT molecular complexity index is 1320. The molecule has 0 saturated carbocycles. The first-order valence-corrected chi connectivity index (χ1v) is 10.5. The minimum Gasteiger partial charge on any atom is -0.471 e. The fourth-order valence-corrected chi connectivity index (χ4v) is 3.36. The lowest BCUT2D eigenvalue weighted by Crippen LogP contribution is -2.15. The maximum absolute atomic E-state index is 13.0. The van der Waals surface area contributed by atoms with Crippen LogP contribution in [-0.2, 0) is 19.5 Å². The predicted molar refractivity (Wildman–Crippen MR) is 120 cm³/mol. The second-order valence-corrected chi connectivity index (χ2v) is 7.89. The topological polar surface area (TPSA) is 74.0 Å². The van der Waals surface area contributed by atoms with E-state index in [4.69, 9.17) is 16.3 Å². The van der Waals surface area contributed by atoms with Gasteiger partial charge in [0.05, 0.1) is 12.1 Å². The molecular weight excluding hydrogens is 471 g/mol. The lowest BCUT2D eigenvalue weighted by atomic mass is 10.1. The molecule has 0 aliphatic rings. The highest BCUT2D eigenvalue weighted by molar-refractivity contribution is 6.30. The van der Waals surface area contributed by atoms with Crippen molar-refractivity contribution < 1.29 is 22.7 Å². The van der Waals surface area contributed by atoms with Crippen LogP contribution in [0.3, 0.4) is 0 Å². The molecule has 0 aliphatic heterocycles. The smallest absolute Gasteiger partial charge is 0.416 e. The van der Waals surface area contributed by atoms with E-state index in [0.717, 1.165) is 12.1 Å². The van der Waals surface area contributed by atoms with Crippen LogP contribution in [0.1, 0.15) is 27.3 Å². The average molecular weight is 490 g/mol. The van der Waals surface area contributed by atoms with Crippen LogP contribution in [0, 0.1) is 6.92 Å². The molecule has 0 radical (unpaired) electrons. The van der Waals surface area contributed by atoms with E-state index in [1.54, 1.807) is 49.5 Å². The van der Waals surface area contributed by atoms with Crippen molar-refractivity contribution in [3.63, 3.8) is 0 Å². The number of amides is 1. The molecule has 0 unspecified atom stereocenters. The van der Waals surface area contributed by atoms with Crippen molar-refractivity contribution in [3.8, 4) is 5.75 Å². The van der Waals surface area contributed by atoms with Crippen LogP contribution in [0.5, 0.6) is 5.75 Å². The molecule has 2 aromatic heterocycles. The highest BCUT2D eigenvalue weighted by Gasteiger charge is 2.30. The Labute approximate surface area is 197 Å². The third-order valence-electron chi connectivity index (χ3n) is 4.84. The number of benzene rings is 2. The third kappa shape index (κ3) is 5.76. The second-order valence-electron chi connectivity index (χ2n) is 7.45. The van der Waals surface area contributed by atoms with E-state index >= 15 is 0 Å². The molecule has 4 rings (SSSR count). The maximum atomic E-state index is 13.0. The number of halogens is 4. The lowest BCUT2D eigenvalue weighted by Gasteiger charge is -2.09. The molecule has 2 aromatic carbocycles. The zero-order valence-electron chi connectivity index (χ0n) is 17.9. The molecule has 2 heterocycles. The number of ether oxygens (including phenoxy) is 1. The summed E-state index contributed by atoms with van der Waals surface area (Å²) in [4.78, 5) is 12.6. The van der Waals surface area contributed by atoms with Crippen LogP contribution in [0.15, 0.2) is 66.9 Å². The van der Waals surface area contributed by atoms with Gasteiger partial charge in [0.2, 0.25) is 0 Å². The first kappa shape index (κ1) is 23.4. The highest BCUT2D eigenvalue weighted by atomic mass is 35.5. The number of carbonyl (C=O) groups excluding carboxylic acids is 1. The molecule has 7 nitrogen and oxygen atoms in total. The van der Waals surface area contributed by atoms with Gasteiger partial charge in [0, 0.05) is 23.0 Å². The molecule has 0 spiro atoms. The van der Waals surface area contributed by atoms with Crippen molar-refractivity contribution in [1.82, 2.24) is 19.6 Å². The van der Waals surface area contributed by atoms with E-state index in [0.29, 0.717) is 22.0 Å². The molecule has 4 aromatic rings. The molecule has 0 saturated heterocycles.